The van der Waals surface area contributed by atoms with Gasteiger partial charge in [0.1, 0.15) is 18.1 Å². The molecule has 4 rings (SSSR count). The highest BCUT2D eigenvalue weighted by Gasteiger charge is 2.34. The van der Waals surface area contributed by atoms with E-state index in [0.717, 1.165) is 12.1 Å². The first-order valence-corrected chi connectivity index (χ1v) is 11.7. The summed E-state index contributed by atoms with van der Waals surface area (Å²) in [7, 11) is -4.03. The number of carbonyl (C=O) groups excluding carboxylic acids is 1. The molecule has 1 amide bonds. The molecule has 2 aliphatic heterocycles. The summed E-state index contributed by atoms with van der Waals surface area (Å²) in [5.41, 5.74) is 0.208. The lowest BCUT2D eigenvalue weighted by Gasteiger charge is -2.30. The minimum atomic E-state index is -4.03. The molecule has 0 atom stereocenters. The average Bonchev–Trinajstić information content (AvgIpc) is 2.79. The molecule has 1 N–H and O–H groups in total. The van der Waals surface area contributed by atoms with Crippen LogP contribution in [0.1, 0.15) is 12.8 Å². The van der Waals surface area contributed by atoms with Crippen LogP contribution < -0.4 is 14.8 Å². The number of piperidine rings is 1. The van der Waals surface area contributed by atoms with Crippen molar-refractivity contribution >= 4 is 38.9 Å². The smallest absolute Gasteiger partial charge is 0.270 e. The normalized spacial score (nSPS) is 17.0. The number of amides is 1. The summed E-state index contributed by atoms with van der Waals surface area (Å²) >= 11 is 6.01. The maximum atomic E-state index is 13.0. The van der Waals surface area contributed by atoms with Gasteiger partial charge in [-0.1, -0.05) is 11.6 Å². The first-order valence-electron chi connectivity index (χ1n) is 9.90. The van der Waals surface area contributed by atoms with Gasteiger partial charge in [-0.05, 0) is 31.0 Å². The van der Waals surface area contributed by atoms with Crippen LogP contribution in [0.5, 0.6) is 11.5 Å². The second-order valence-corrected chi connectivity index (χ2v) is 9.71. The summed E-state index contributed by atoms with van der Waals surface area (Å²) in [5.74, 6) is 0.582. The van der Waals surface area contributed by atoms with E-state index in [1.54, 1.807) is 18.2 Å². The van der Waals surface area contributed by atoms with E-state index >= 15 is 0 Å². The Hall–Kier alpha value is -2.89. The predicted octanol–water partition coefficient (Wildman–Crippen LogP) is 3.06. The predicted molar refractivity (Wildman–Crippen MR) is 116 cm³/mol. The lowest BCUT2D eigenvalue weighted by molar-refractivity contribution is -0.385. The first-order chi connectivity index (χ1) is 15.3. The van der Waals surface area contributed by atoms with Crippen LogP contribution in [-0.2, 0) is 14.8 Å². The van der Waals surface area contributed by atoms with Gasteiger partial charge in [0, 0.05) is 42.9 Å². The van der Waals surface area contributed by atoms with Crippen molar-refractivity contribution in [2.75, 3.05) is 31.6 Å². The molecule has 0 unspecified atom stereocenters. The Balaban J connectivity index is 1.41. The third-order valence-corrected chi connectivity index (χ3v) is 7.76. The molecule has 0 spiro atoms. The number of rotatable bonds is 5. The molecule has 1 saturated heterocycles. The van der Waals surface area contributed by atoms with E-state index in [4.69, 9.17) is 21.1 Å². The Morgan fingerprint density at radius 2 is 1.78 bits per heavy atom. The zero-order valence-electron chi connectivity index (χ0n) is 16.8. The fraction of sp³-hybridized carbons (Fsp3) is 0.350. The van der Waals surface area contributed by atoms with Gasteiger partial charge in [0.15, 0.2) is 11.5 Å². The number of non-ortho nitro benzene ring substituents is 1. The van der Waals surface area contributed by atoms with E-state index < -0.39 is 14.9 Å². The zero-order chi connectivity index (χ0) is 22.9. The maximum absolute atomic E-state index is 13.0. The number of fused-ring (bicyclic) bond motifs is 1. The average molecular weight is 482 g/mol. The highest BCUT2D eigenvalue weighted by molar-refractivity contribution is 7.89. The largest absolute Gasteiger partial charge is 0.486 e. The number of nitrogens with one attached hydrogen (secondary N) is 1. The van der Waals surface area contributed by atoms with Crippen molar-refractivity contribution in [3.8, 4) is 11.5 Å². The third kappa shape index (κ3) is 4.50. The summed E-state index contributed by atoms with van der Waals surface area (Å²) in [5, 5.41) is 13.8. The number of sulfonamides is 1. The Morgan fingerprint density at radius 3 is 2.47 bits per heavy atom. The minimum Gasteiger partial charge on any atom is -0.486 e. The number of hydrogen-bond donors (Lipinski definition) is 1. The van der Waals surface area contributed by atoms with E-state index in [1.165, 1.54) is 10.4 Å². The van der Waals surface area contributed by atoms with Crippen LogP contribution in [-0.4, -0.2) is 49.9 Å². The van der Waals surface area contributed by atoms with Crippen molar-refractivity contribution in [2.24, 2.45) is 5.92 Å². The standard InChI is InChI=1S/C20H20ClN3O7S/c21-16-3-2-15(24(26)27)12-19(16)32(28,29)23-7-5-13(6-8-23)20(25)22-14-1-4-17-18(11-14)31-10-9-30-17/h1-4,11-13H,5-10H2,(H,22,25). The van der Waals surface area contributed by atoms with E-state index in [-0.39, 0.29) is 40.5 Å². The van der Waals surface area contributed by atoms with Crippen LogP contribution in [0.25, 0.3) is 0 Å². The lowest BCUT2D eigenvalue weighted by atomic mass is 9.97. The number of nitro groups is 1. The first kappa shape index (κ1) is 22.3. The SMILES string of the molecule is O=C(Nc1ccc2c(c1)OCCO2)C1CCN(S(=O)(=O)c2cc([N+](=O)[O-])ccc2Cl)CC1. The summed E-state index contributed by atoms with van der Waals surface area (Å²) in [6.07, 6.45) is 0.615. The van der Waals surface area contributed by atoms with Crippen LogP contribution in [0.15, 0.2) is 41.3 Å². The molecule has 2 aliphatic rings. The Morgan fingerprint density at radius 1 is 1.09 bits per heavy atom. The minimum absolute atomic E-state index is 0.0888. The van der Waals surface area contributed by atoms with Crippen LogP contribution >= 0.6 is 11.6 Å². The van der Waals surface area contributed by atoms with Gasteiger partial charge in [0.25, 0.3) is 5.69 Å². The number of nitrogens with zero attached hydrogens (tertiary/aromatic N) is 2. The second kappa shape index (κ2) is 8.93. The molecule has 0 aliphatic carbocycles. The van der Waals surface area contributed by atoms with Gasteiger partial charge in [-0.25, -0.2) is 8.42 Å². The summed E-state index contributed by atoms with van der Waals surface area (Å²) in [6, 6.07) is 8.43. The number of nitro benzene ring substituents is 1. The van der Waals surface area contributed by atoms with Gasteiger partial charge in [0.05, 0.1) is 9.95 Å². The molecule has 1 fully saturated rings. The summed E-state index contributed by atoms with van der Waals surface area (Å²) < 4.78 is 38.1. The molecular formula is C20H20ClN3O7S. The van der Waals surface area contributed by atoms with Crippen molar-refractivity contribution in [1.82, 2.24) is 4.31 Å². The number of benzene rings is 2. The van der Waals surface area contributed by atoms with E-state index in [1.807, 2.05) is 0 Å². The zero-order valence-corrected chi connectivity index (χ0v) is 18.4. The highest BCUT2D eigenvalue weighted by Crippen LogP contribution is 2.34. The van der Waals surface area contributed by atoms with Crippen molar-refractivity contribution in [3.05, 3.63) is 51.5 Å². The van der Waals surface area contributed by atoms with E-state index in [0.29, 0.717) is 43.2 Å². The molecule has 32 heavy (non-hydrogen) atoms. The van der Waals surface area contributed by atoms with Crippen LogP contribution in [0, 0.1) is 16.0 Å². The van der Waals surface area contributed by atoms with E-state index in [2.05, 4.69) is 5.32 Å². The summed E-state index contributed by atoms with van der Waals surface area (Å²) in [4.78, 5) is 22.7. The Bertz CT molecular complexity index is 1160. The van der Waals surface area contributed by atoms with Crippen LogP contribution in [0.2, 0.25) is 5.02 Å². The fourth-order valence-corrected chi connectivity index (χ4v) is 5.63. The number of carbonyl (C=O) groups is 1. The summed E-state index contributed by atoms with van der Waals surface area (Å²) in [6.45, 7) is 1.11. The molecule has 12 heteroatoms. The lowest BCUT2D eigenvalue weighted by Crippen LogP contribution is -2.41. The molecule has 0 saturated carbocycles. The van der Waals surface area contributed by atoms with Gasteiger partial charge in [-0.3, -0.25) is 14.9 Å². The molecule has 2 aromatic rings. The molecular weight excluding hydrogens is 462 g/mol. The Kier molecular flexibility index (Phi) is 6.22. The number of hydrogen-bond acceptors (Lipinski definition) is 7. The molecule has 2 aromatic carbocycles. The van der Waals surface area contributed by atoms with Crippen LogP contribution in [0.4, 0.5) is 11.4 Å². The molecule has 10 nitrogen and oxygen atoms in total. The highest BCUT2D eigenvalue weighted by atomic mass is 35.5. The van der Waals surface area contributed by atoms with Gasteiger partial charge < -0.3 is 14.8 Å². The molecule has 0 radical (unpaired) electrons. The van der Waals surface area contributed by atoms with Crippen molar-refractivity contribution < 1.29 is 27.6 Å². The molecule has 0 aromatic heterocycles. The molecule has 170 valence electrons. The Labute approximate surface area is 189 Å². The number of ether oxygens (including phenoxy) is 2. The maximum Gasteiger partial charge on any atom is 0.270 e. The topological polar surface area (TPSA) is 128 Å². The number of anilines is 1. The van der Waals surface area contributed by atoms with Crippen molar-refractivity contribution in [3.63, 3.8) is 0 Å². The fourth-order valence-electron chi connectivity index (χ4n) is 3.67. The van der Waals surface area contributed by atoms with Crippen molar-refractivity contribution in [2.45, 2.75) is 17.7 Å². The van der Waals surface area contributed by atoms with Gasteiger partial charge in [-0.2, -0.15) is 4.31 Å². The van der Waals surface area contributed by atoms with Crippen LogP contribution in [0.3, 0.4) is 0 Å². The molecule has 2 heterocycles. The quantitative estimate of drug-likeness (QED) is 0.513. The van der Waals surface area contributed by atoms with Gasteiger partial charge >= 0.3 is 0 Å². The molecule has 0 bridgehead atoms. The van der Waals surface area contributed by atoms with E-state index in [9.17, 15) is 23.3 Å². The monoisotopic (exact) mass is 481 g/mol. The second-order valence-electron chi connectivity index (χ2n) is 7.40. The third-order valence-electron chi connectivity index (χ3n) is 5.38. The van der Waals surface area contributed by atoms with Gasteiger partial charge in [0.2, 0.25) is 15.9 Å². The van der Waals surface area contributed by atoms with Crippen molar-refractivity contribution in [1.29, 1.82) is 0 Å². The number of halogens is 1. The van der Waals surface area contributed by atoms with Gasteiger partial charge in [-0.15, -0.1) is 0 Å².